The monoisotopic (exact) mass is 296 g/mol. The maximum Gasteiger partial charge on any atom is 0.0926 e. The van der Waals surface area contributed by atoms with Crippen LogP contribution >= 0.6 is 0 Å². The summed E-state index contributed by atoms with van der Waals surface area (Å²) in [5, 5.41) is 0. The van der Waals surface area contributed by atoms with Gasteiger partial charge in [-0.25, -0.2) is 0 Å². The first kappa shape index (κ1) is 20.5. The Hall–Kier alpha value is -0.460. The van der Waals surface area contributed by atoms with Gasteiger partial charge >= 0.3 is 0 Å². The van der Waals surface area contributed by atoms with Crippen LogP contribution in [0.4, 0.5) is 0 Å². The first-order valence-electron chi connectivity index (χ1n) is 9.51. The lowest BCUT2D eigenvalue weighted by Crippen LogP contribution is -2.01. The van der Waals surface area contributed by atoms with Crippen molar-refractivity contribution in [1.29, 1.82) is 0 Å². The Morgan fingerprint density at radius 1 is 0.714 bits per heavy atom. The van der Waals surface area contributed by atoms with Gasteiger partial charge in [-0.15, -0.1) is 0 Å². The molecule has 0 bridgehead atoms. The standard InChI is InChI=1S/C20H40O/c1-5-6-7-8-9-10-11-12-13-14-15-16-17-18-20(4)21-19(2)3/h19H,4-18H2,1-3H3. The first-order chi connectivity index (χ1) is 10.2. The Bertz CT molecular complexity index is 220. The van der Waals surface area contributed by atoms with E-state index in [4.69, 9.17) is 4.74 Å². The molecule has 21 heavy (non-hydrogen) atoms. The van der Waals surface area contributed by atoms with Crippen molar-refractivity contribution < 1.29 is 4.74 Å². The van der Waals surface area contributed by atoms with Crippen LogP contribution in [0.2, 0.25) is 0 Å². The van der Waals surface area contributed by atoms with Gasteiger partial charge in [-0.2, -0.15) is 0 Å². The van der Waals surface area contributed by atoms with E-state index in [2.05, 4.69) is 27.4 Å². The predicted octanol–water partition coefficient (Wildman–Crippen LogP) is 7.41. The van der Waals surface area contributed by atoms with Gasteiger partial charge in [0.25, 0.3) is 0 Å². The lowest BCUT2D eigenvalue weighted by atomic mass is 10.0. The Morgan fingerprint density at radius 3 is 1.48 bits per heavy atom. The maximum atomic E-state index is 5.56. The Balaban J connectivity index is 3.07. The van der Waals surface area contributed by atoms with Crippen LogP contribution < -0.4 is 0 Å². The van der Waals surface area contributed by atoms with Gasteiger partial charge < -0.3 is 4.74 Å². The largest absolute Gasteiger partial charge is 0.496 e. The van der Waals surface area contributed by atoms with Crippen molar-refractivity contribution in [3.8, 4) is 0 Å². The summed E-state index contributed by atoms with van der Waals surface area (Å²) in [6, 6.07) is 0. The van der Waals surface area contributed by atoms with Gasteiger partial charge in [0.1, 0.15) is 0 Å². The van der Waals surface area contributed by atoms with E-state index in [1.807, 2.05) is 0 Å². The quantitative estimate of drug-likeness (QED) is 0.213. The van der Waals surface area contributed by atoms with Gasteiger partial charge in [0.05, 0.1) is 11.9 Å². The number of hydrogen-bond donors (Lipinski definition) is 0. The Labute approximate surface area is 134 Å². The number of ether oxygens (including phenoxy) is 1. The molecule has 0 aliphatic rings. The molecule has 0 heterocycles. The molecule has 0 aromatic carbocycles. The third-order valence-corrected chi connectivity index (χ3v) is 3.96. The first-order valence-corrected chi connectivity index (χ1v) is 9.51. The Kier molecular flexibility index (Phi) is 15.6. The zero-order valence-electron chi connectivity index (χ0n) is 15.1. The Morgan fingerprint density at radius 2 is 1.10 bits per heavy atom. The molecule has 0 amide bonds. The van der Waals surface area contributed by atoms with Crippen molar-refractivity contribution in [2.24, 2.45) is 0 Å². The number of unbranched alkanes of at least 4 members (excludes halogenated alkanes) is 12. The van der Waals surface area contributed by atoms with Crippen LogP contribution in [-0.4, -0.2) is 6.10 Å². The van der Waals surface area contributed by atoms with Crippen molar-refractivity contribution in [2.45, 2.75) is 117 Å². The molecular weight excluding hydrogens is 256 g/mol. The fourth-order valence-electron chi connectivity index (χ4n) is 2.73. The van der Waals surface area contributed by atoms with Crippen LogP contribution in [0.1, 0.15) is 111 Å². The lowest BCUT2D eigenvalue weighted by molar-refractivity contribution is 0.140. The molecule has 0 saturated heterocycles. The minimum absolute atomic E-state index is 0.277. The topological polar surface area (TPSA) is 9.23 Å². The van der Waals surface area contributed by atoms with E-state index in [-0.39, 0.29) is 6.10 Å². The second-order valence-corrected chi connectivity index (χ2v) is 6.70. The highest BCUT2D eigenvalue weighted by molar-refractivity contribution is 4.82. The minimum Gasteiger partial charge on any atom is -0.496 e. The van der Waals surface area contributed by atoms with Gasteiger partial charge in [0.2, 0.25) is 0 Å². The van der Waals surface area contributed by atoms with Crippen molar-refractivity contribution in [2.75, 3.05) is 0 Å². The number of hydrogen-bond acceptors (Lipinski definition) is 1. The van der Waals surface area contributed by atoms with Gasteiger partial charge in [0, 0.05) is 6.42 Å². The second-order valence-electron chi connectivity index (χ2n) is 6.70. The van der Waals surface area contributed by atoms with Crippen molar-refractivity contribution in [3.63, 3.8) is 0 Å². The zero-order chi connectivity index (χ0) is 15.8. The molecule has 0 N–H and O–H groups in total. The third-order valence-electron chi connectivity index (χ3n) is 3.96. The molecule has 0 atom stereocenters. The molecule has 0 saturated carbocycles. The van der Waals surface area contributed by atoms with Gasteiger partial charge in [-0.3, -0.25) is 0 Å². The molecular formula is C20H40O. The highest BCUT2D eigenvalue weighted by atomic mass is 16.5. The molecule has 0 radical (unpaired) electrons. The molecule has 0 fully saturated rings. The molecule has 126 valence electrons. The molecule has 0 aliphatic carbocycles. The number of rotatable bonds is 16. The number of allylic oxidation sites excluding steroid dienone is 1. The highest BCUT2D eigenvalue weighted by Gasteiger charge is 1.99. The SMILES string of the molecule is C=C(CCCCCCCCCCCCCCC)OC(C)C. The van der Waals surface area contributed by atoms with E-state index in [0.717, 1.165) is 12.2 Å². The van der Waals surface area contributed by atoms with Gasteiger partial charge in [0.15, 0.2) is 0 Å². The maximum absolute atomic E-state index is 5.56. The summed E-state index contributed by atoms with van der Waals surface area (Å²) >= 11 is 0. The highest BCUT2D eigenvalue weighted by Crippen LogP contribution is 2.14. The molecule has 0 rings (SSSR count). The van der Waals surface area contributed by atoms with E-state index in [1.54, 1.807) is 0 Å². The second kappa shape index (κ2) is 15.9. The molecule has 0 unspecified atom stereocenters. The summed E-state index contributed by atoms with van der Waals surface area (Å²) in [7, 11) is 0. The molecule has 0 spiro atoms. The average molecular weight is 297 g/mol. The molecule has 0 aliphatic heterocycles. The average Bonchev–Trinajstić information content (AvgIpc) is 2.43. The summed E-state index contributed by atoms with van der Waals surface area (Å²) in [5.74, 6) is 0.966. The van der Waals surface area contributed by atoms with E-state index >= 15 is 0 Å². The van der Waals surface area contributed by atoms with Crippen molar-refractivity contribution in [1.82, 2.24) is 0 Å². The van der Waals surface area contributed by atoms with Crippen LogP contribution in [0, 0.1) is 0 Å². The van der Waals surface area contributed by atoms with Gasteiger partial charge in [-0.05, 0) is 20.3 Å². The summed E-state index contributed by atoms with van der Waals surface area (Å²) in [6.45, 7) is 10.4. The molecule has 1 nitrogen and oxygen atoms in total. The summed E-state index contributed by atoms with van der Waals surface area (Å²) < 4.78 is 5.56. The lowest BCUT2D eigenvalue weighted by Gasteiger charge is -2.11. The zero-order valence-corrected chi connectivity index (χ0v) is 15.1. The van der Waals surface area contributed by atoms with Crippen LogP contribution in [0.5, 0.6) is 0 Å². The van der Waals surface area contributed by atoms with E-state index in [0.29, 0.717) is 0 Å². The summed E-state index contributed by atoms with van der Waals surface area (Å²) in [5.41, 5.74) is 0. The molecule has 1 heteroatoms. The van der Waals surface area contributed by atoms with E-state index in [9.17, 15) is 0 Å². The van der Waals surface area contributed by atoms with Crippen molar-refractivity contribution >= 4 is 0 Å². The fourth-order valence-corrected chi connectivity index (χ4v) is 2.73. The van der Waals surface area contributed by atoms with Crippen LogP contribution in [0.25, 0.3) is 0 Å². The van der Waals surface area contributed by atoms with Crippen molar-refractivity contribution in [3.05, 3.63) is 12.3 Å². The normalized spacial score (nSPS) is 11.0. The fraction of sp³-hybridized carbons (Fsp3) is 0.900. The van der Waals surface area contributed by atoms with Crippen LogP contribution in [0.15, 0.2) is 12.3 Å². The van der Waals surface area contributed by atoms with Gasteiger partial charge in [-0.1, -0.05) is 90.6 Å². The molecule has 0 aromatic rings. The smallest absolute Gasteiger partial charge is 0.0926 e. The predicted molar refractivity (Wildman–Crippen MR) is 95.7 cm³/mol. The van der Waals surface area contributed by atoms with Crippen LogP contribution in [0.3, 0.4) is 0 Å². The summed E-state index contributed by atoms with van der Waals surface area (Å²) in [6.07, 6.45) is 19.6. The van der Waals surface area contributed by atoms with E-state index < -0.39 is 0 Å². The minimum atomic E-state index is 0.277. The van der Waals surface area contributed by atoms with Crippen LogP contribution in [-0.2, 0) is 4.74 Å². The van der Waals surface area contributed by atoms with E-state index in [1.165, 1.54) is 83.5 Å². The summed E-state index contributed by atoms with van der Waals surface area (Å²) in [4.78, 5) is 0. The third kappa shape index (κ3) is 17.5. The molecule has 0 aromatic heterocycles.